The van der Waals surface area contributed by atoms with Gasteiger partial charge in [0.2, 0.25) is 0 Å². The molecule has 3 N–H and O–H groups in total. The van der Waals surface area contributed by atoms with E-state index < -0.39 is 23.5 Å². The van der Waals surface area contributed by atoms with Gasteiger partial charge in [-0.1, -0.05) is 0 Å². The molecule has 1 aromatic carbocycles. The molecular weight excluding hydrogens is 314 g/mol. The molecule has 0 atom stereocenters. The van der Waals surface area contributed by atoms with E-state index in [0.29, 0.717) is 0 Å². The average molecular weight is 330 g/mol. The summed E-state index contributed by atoms with van der Waals surface area (Å²) in [7, 11) is 1.36. The fourth-order valence-electron chi connectivity index (χ4n) is 1.04. The molecule has 0 unspecified atom stereocenters. The summed E-state index contributed by atoms with van der Waals surface area (Å²) in [5.41, 5.74) is -1.40. The van der Waals surface area contributed by atoms with E-state index in [4.69, 9.17) is 29.6 Å². The summed E-state index contributed by atoms with van der Waals surface area (Å²) in [5.74, 6) is -1.23. The summed E-state index contributed by atoms with van der Waals surface area (Å²) in [6.07, 6.45) is -1.83. The molecule has 0 heterocycles. The van der Waals surface area contributed by atoms with Crippen LogP contribution in [0, 0.1) is 5.82 Å². The molecule has 0 aromatic heterocycles. The Morgan fingerprint density at radius 1 is 1.14 bits per heavy atom. The number of hydrogen-bond acceptors (Lipinski definition) is 4. The maximum absolute atomic E-state index is 12.9. The molecule has 0 aliphatic heterocycles. The normalized spacial score (nSPS) is 9.52. The van der Waals surface area contributed by atoms with Crippen molar-refractivity contribution in [3.05, 3.63) is 24.0 Å². The molecule has 1 aromatic rings. The van der Waals surface area contributed by atoms with Crippen molar-refractivity contribution < 1.29 is 38.8 Å². The van der Waals surface area contributed by atoms with Crippen LogP contribution in [0.15, 0.2) is 18.2 Å². The summed E-state index contributed by atoms with van der Waals surface area (Å²) in [5, 5.41) is 22.8. The van der Waals surface area contributed by atoms with Gasteiger partial charge in [0, 0.05) is 6.07 Å². The van der Waals surface area contributed by atoms with Crippen LogP contribution in [0.4, 0.5) is 9.18 Å². The number of methoxy groups -OCH3 is 1. The Morgan fingerprint density at radius 3 is 2.00 bits per heavy atom. The van der Waals surface area contributed by atoms with Crippen molar-refractivity contribution in [1.29, 1.82) is 0 Å². The molecule has 0 radical (unpaired) electrons. The van der Waals surface area contributed by atoms with Crippen LogP contribution in [0.1, 0.15) is 13.8 Å². The number of aliphatic carboxylic acids is 1. The third kappa shape index (κ3) is 8.89. The SMILES string of the molecule is COc1cc(F)ccc1OC(C)(C)C(=O)O.O=C(O)O.[KH]. The molecular formula is C12H16FKO7. The Morgan fingerprint density at radius 2 is 1.62 bits per heavy atom. The summed E-state index contributed by atoms with van der Waals surface area (Å²) in [6, 6.07) is 3.64. The third-order valence-electron chi connectivity index (χ3n) is 2.01. The van der Waals surface area contributed by atoms with Gasteiger partial charge in [-0.05, 0) is 26.0 Å². The molecule has 0 aliphatic carbocycles. The fraction of sp³-hybridized carbons (Fsp3) is 0.333. The van der Waals surface area contributed by atoms with E-state index in [1.165, 1.54) is 33.1 Å². The topological polar surface area (TPSA) is 113 Å². The molecule has 0 saturated carbocycles. The molecule has 114 valence electrons. The number of carboxylic acid groups (broad SMARTS) is 3. The Kier molecular flexibility index (Phi) is 10.6. The molecule has 0 saturated heterocycles. The number of carboxylic acids is 1. The number of rotatable bonds is 4. The molecule has 7 nitrogen and oxygen atoms in total. The van der Waals surface area contributed by atoms with Gasteiger partial charge in [-0.2, -0.15) is 0 Å². The Bertz CT molecular complexity index is 486. The van der Waals surface area contributed by atoms with Crippen molar-refractivity contribution in [1.82, 2.24) is 0 Å². The second-order valence-electron chi connectivity index (χ2n) is 4.00. The van der Waals surface area contributed by atoms with Crippen LogP contribution in [0.2, 0.25) is 0 Å². The number of benzene rings is 1. The van der Waals surface area contributed by atoms with Crippen molar-refractivity contribution in [3.63, 3.8) is 0 Å². The minimum atomic E-state index is -1.83. The molecule has 1 rings (SSSR count). The molecule has 0 spiro atoms. The summed E-state index contributed by atoms with van der Waals surface area (Å²) in [4.78, 5) is 19.4. The van der Waals surface area contributed by atoms with Crippen LogP contribution in [0.5, 0.6) is 11.5 Å². The van der Waals surface area contributed by atoms with Crippen LogP contribution >= 0.6 is 0 Å². The number of carbonyl (C=O) groups is 2. The predicted molar refractivity (Wildman–Crippen MR) is 73.1 cm³/mol. The quantitative estimate of drug-likeness (QED) is 0.719. The van der Waals surface area contributed by atoms with Crippen molar-refractivity contribution >= 4 is 63.5 Å². The molecule has 0 fully saturated rings. The molecule has 0 amide bonds. The maximum atomic E-state index is 12.9. The van der Waals surface area contributed by atoms with Crippen molar-refractivity contribution in [2.24, 2.45) is 0 Å². The van der Waals surface area contributed by atoms with E-state index in [1.807, 2.05) is 0 Å². The van der Waals surface area contributed by atoms with Gasteiger partial charge in [-0.25, -0.2) is 14.0 Å². The number of ether oxygens (including phenoxy) is 2. The summed E-state index contributed by atoms with van der Waals surface area (Å²) < 4.78 is 23.0. The van der Waals surface area contributed by atoms with Crippen molar-refractivity contribution in [2.75, 3.05) is 7.11 Å². The standard InChI is InChI=1S/C11H13FO4.CH2O3.K.H/c1-11(2,10(13)14)16-8-5-4-7(12)6-9(8)15-3;2-1(3)4;;/h4-6H,1-3H3,(H,13,14);(H2,2,3,4);;. The first kappa shape index (κ1) is 22.4. The van der Waals surface area contributed by atoms with Gasteiger partial charge < -0.3 is 24.8 Å². The van der Waals surface area contributed by atoms with Gasteiger partial charge in [0.15, 0.2) is 17.1 Å². The van der Waals surface area contributed by atoms with E-state index >= 15 is 0 Å². The van der Waals surface area contributed by atoms with Gasteiger partial charge >= 0.3 is 63.5 Å². The first-order valence-corrected chi connectivity index (χ1v) is 5.28. The van der Waals surface area contributed by atoms with Crippen molar-refractivity contribution in [3.8, 4) is 11.5 Å². The van der Waals surface area contributed by atoms with Gasteiger partial charge in [0.1, 0.15) is 5.82 Å². The summed E-state index contributed by atoms with van der Waals surface area (Å²) >= 11 is 0. The van der Waals surface area contributed by atoms with E-state index in [-0.39, 0.29) is 62.9 Å². The van der Waals surface area contributed by atoms with Gasteiger partial charge in [-0.3, -0.25) is 0 Å². The number of hydrogen-bond donors (Lipinski definition) is 3. The zero-order valence-corrected chi connectivity index (χ0v) is 11.1. The molecule has 0 aliphatic rings. The van der Waals surface area contributed by atoms with Crippen molar-refractivity contribution in [2.45, 2.75) is 19.4 Å². The van der Waals surface area contributed by atoms with Gasteiger partial charge in [0.25, 0.3) is 0 Å². The molecule has 9 heteroatoms. The molecule has 21 heavy (non-hydrogen) atoms. The van der Waals surface area contributed by atoms with Crippen LogP contribution < -0.4 is 9.47 Å². The summed E-state index contributed by atoms with van der Waals surface area (Å²) in [6.45, 7) is 2.80. The number of halogens is 1. The predicted octanol–water partition coefficient (Wildman–Crippen LogP) is 1.65. The van der Waals surface area contributed by atoms with E-state index in [9.17, 15) is 9.18 Å². The zero-order valence-electron chi connectivity index (χ0n) is 11.1. The van der Waals surface area contributed by atoms with Crippen LogP contribution in [-0.2, 0) is 4.79 Å². The van der Waals surface area contributed by atoms with Crippen LogP contribution in [-0.4, -0.2) is 91.5 Å². The minimum absolute atomic E-state index is 0. The zero-order chi connectivity index (χ0) is 15.9. The Hall–Kier alpha value is -0.874. The fourth-order valence-corrected chi connectivity index (χ4v) is 1.04. The monoisotopic (exact) mass is 330 g/mol. The first-order valence-electron chi connectivity index (χ1n) is 5.28. The second kappa shape index (κ2) is 9.95. The van der Waals surface area contributed by atoms with Crippen LogP contribution in [0.3, 0.4) is 0 Å². The van der Waals surface area contributed by atoms with E-state index in [1.54, 1.807) is 0 Å². The third-order valence-corrected chi connectivity index (χ3v) is 2.01. The molecule has 0 bridgehead atoms. The average Bonchev–Trinajstić information content (AvgIpc) is 2.30. The Balaban J connectivity index is 0. The van der Waals surface area contributed by atoms with E-state index in [0.717, 1.165) is 6.07 Å². The first-order chi connectivity index (χ1) is 9.10. The van der Waals surface area contributed by atoms with Crippen LogP contribution in [0.25, 0.3) is 0 Å². The van der Waals surface area contributed by atoms with E-state index in [2.05, 4.69) is 0 Å². The van der Waals surface area contributed by atoms with Gasteiger partial charge in [0.05, 0.1) is 7.11 Å². The van der Waals surface area contributed by atoms with Gasteiger partial charge in [-0.15, -0.1) is 0 Å². The second-order valence-corrected chi connectivity index (χ2v) is 4.00. The Labute approximate surface area is 163 Å².